The molecule has 0 radical (unpaired) electrons. The summed E-state index contributed by atoms with van der Waals surface area (Å²) in [4.78, 5) is 4.64. The van der Waals surface area contributed by atoms with Gasteiger partial charge in [-0.1, -0.05) is 44.5 Å². The van der Waals surface area contributed by atoms with E-state index in [1.165, 1.54) is 12.1 Å². The second kappa shape index (κ2) is 5.85. The molecule has 2 bridgehead atoms. The van der Waals surface area contributed by atoms with E-state index in [-0.39, 0.29) is 0 Å². The van der Waals surface area contributed by atoms with Crippen molar-refractivity contribution in [3.8, 4) is 11.3 Å². The van der Waals surface area contributed by atoms with Crippen molar-refractivity contribution < 1.29 is 0 Å². The van der Waals surface area contributed by atoms with Gasteiger partial charge < -0.3 is 0 Å². The predicted molar refractivity (Wildman–Crippen MR) is 103 cm³/mol. The normalized spacial score (nSPS) is 29.3. The van der Waals surface area contributed by atoms with Crippen LogP contribution in [0, 0.1) is 23.2 Å². The average molecular weight is 360 g/mol. The number of hydrazone groups is 1. The lowest BCUT2D eigenvalue weighted by atomic mass is 9.69. The average Bonchev–Trinajstić information content (AvgIpc) is 3.23. The van der Waals surface area contributed by atoms with Gasteiger partial charge in [-0.25, -0.2) is 4.98 Å². The van der Waals surface area contributed by atoms with Gasteiger partial charge >= 0.3 is 0 Å². The van der Waals surface area contributed by atoms with Gasteiger partial charge in [-0.15, -0.1) is 11.3 Å². The van der Waals surface area contributed by atoms with Crippen molar-refractivity contribution in [2.24, 2.45) is 28.3 Å². The first-order valence-corrected chi connectivity index (χ1v) is 9.75. The van der Waals surface area contributed by atoms with Crippen molar-refractivity contribution >= 4 is 33.8 Å². The molecule has 0 amide bonds. The number of aromatic nitrogens is 1. The third-order valence-electron chi connectivity index (χ3n) is 6.19. The lowest BCUT2D eigenvalue weighted by Gasteiger charge is -2.36. The second-order valence-corrected chi connectivity index (χ2v) is 8.91. The van der Waals surface area contributed by atoms with Gasteiger partial charge in [0, 0.05) is 27.6 Å². The molecule has 3 unspecified atom stereocenters. The first-order valence-electron chi connectivity index (χ1n) is 8.49. The molecule has 126 valence electrons. The molecule has 1 N–H and O–H groups in total. The highest BCUT2D eigenvalue weighted by Gasteiger charge is 2.53. The maximum Gasteiger partial charge on any atom is 0.203 e. The molecule has 1 aromatic carbocycles. The van der Waals surface area contributed by atoms with Gasteiger partial charge in [0.05, 0.1) is 5.69 Å². The van der Waals surface area contributed by atoms with E-state index in [4.69, 9.17) is 16.7 Å². The van der Waals surface area contributed by atoms with E-state index in [0.717, 1.165) is 33.8 Å². The molecule has 0 spiro atoms. The quantitative estimate of drug-likeness (QED) is 0.689. The molecule has 5 heteroatoms. The smallest absolute Gasteiger partial charge is 0.203 e. The maximum absolute atomic E-state index is 5.94. The Morgan fingerprint density at radius 3 is 2.71 bits per heavy atom. The monoisotopic (exact) mass is 359 g/mol. The molecule has 2 fully saturated rings. The summed E-state index contributed by atoms with van der Waals surface area (Å²) in [7, 11) is 0. The summed E-state index contributed by atoms with van der Waals surface area (Å²) in [6.45, 7) is 7.19. The van der Waals surface area contributed by atoms with E-state index in [1.54, 1.807) is 11.3 Å². The number of nitrogens with one attached hydrogen (secondary N) is 1. The molecular weight excluding hydrogens is 338 g/mol. The first kappa shape index (κ1) is 16.1. The second-order valence-electron chi connectivity index (χ2n) is 7.61. The molecule has 2 aromatic rings. The summed E-state index contributed by atoms with van der Waals surface area (Å²) < 4.78 is 0. The number of thiazole rings is 1. The molecule has 0 aliphatic heterocycles. The Balaban J connectivity index is 1.47. The summed E-state index contributed by atoms with van der Waals surface area (Å²) in [6, 6.07) is 7.77. The van der Waals surface area contributed by atoms with Crippen LogP contribution in [0.2, 0.25) is 5.02 Å². The fourth-order valence-electron chi connectivity index (χ4n) is 4.21. The van der Waals surface area contributed by atoms with Crippen molar-refractivity contribution in [2.75, 3.05) is 5.43 Å². The maximum atomic E-state index is 5.94. The van der Waals surface area contributed by atoms with Crippen LogP contribution in [-0.4, -0.2) is 10.7 Å². The summed E-state index contributed by atoms with van der Waals surface area (Å²) >= 11 is 7.53. The molecule has 3 nitrogen and oxygen atoms in total. The Bertz CT molecular complexity index is 774. The highest BCUT2D eigenvalue weighted by Crippen LogP contribution is 2.57. The van der Waals surface area contributed by atoms with Crippen molar-refractivity contribution in [2.45, 2.75) is 33.6 Å². The highest BCUT2D eigenvalue weighted by molar-refractivity contribution is 7.14. The molecule has 1 aromatic heterocycles. The number of fused-ring (bicyclic) bond motifs is 2. The minimum absolute atomic E-state index is 0.451. The van der Waals surface area contributed by atoms with Crippen LogP contribution in [0.25, 0.3) is 11.3 Å². The van der Waals surface area contributed by atoms with E-state index in [0.29, 0.717) is 17.3 Å². The van der Waals surface area contributed by atoms with Gasteiger partial charge in [0.2, 0.25) is 5.13 Å². The summed E-state index contributed by atoms with van der Waals surface area (Å²) in [5.41, 5.74) is 7.01. The number of hydrogen-bond donors (Lipinski definition) is 1. The molecule has 1 heterocycles. The van der Waals surface area contributed by atoms with Gasteiger partial charge in [-0.05, 0) is 42.2 Å². The Hall–Kier alpha value is -1.39. The zero-order chi connectivity index (χ0) is 16.9. The van der Waals surface area contributed by atoms with Crippen molar-refractivity contribution in [3.05, 3.63) is 34.7 Å². The van der Waals surface area contributed by atoms with Crippen LogP contribution < -0.4 is 5.43 Å². The van der Waals surface area contributed by atoms with Crippen LogP contribution in [0.3, 0.4) is 0 Å². The molecule has 2 aliphatic rings. The zero-order valence-electron chi connectivity index (χ0n) is 14.2. The first-order chi connectivity index (χ1) is 11.4. The molecule has 4 rings (SSSR count). The van der Waals surface area contributed by atoms with Crippen molar-refractivity contribution in [3.63, 3.8) is 0 Å². The summed E-state index contributed by atoms with van der Waals surface area (Å²) in [6.07, 6.45) is 2.42. The fraction of sp³-hybridized carbons (Fsp3) is 0.474. The van der Waals surface area contributed by atoms with Crippen LogP contribution in [0.1, 0.15) is 33.6 Å². The Kier molecular flexibility index (Phi) is 3.92. The molecule has 3 atom stereocenters. The number of benzene rings is 1. The summed E-state index contributed by atoms with van der Waals surface area (Å²) in [5, 5.41) is 8.35. The molecule has 24 heavy (non-hydrogen) atoms. The molecular formula is C19H22ClN3S. The van der Waals surface area contributed by atoms with Crippen LogP contribution in [0.5, 0.6) is 0 Å². The van der Waals surface area contributed by atoms with Crippen LogP contribution in [0.15, 0.2) is 34.7 Å². The number of rotatable bonds is 3. The summed E-state index contributed by atoms with van der Waals surface area (Å²) in [5.74, 6) is 2.12. The van der Waals surface area contributed by atoms with E-state index >= 15 is 0 Å². The SMILES string of the molecule is CC1C2CC(C/C2=N/Nc2nc(-c3ccc(Cl)cc3)cs2)C1(C)C. The van der Waals surface area contributed by atoms with Gasteiger partial charge in [0.25, 0.3) is 0 Å². The minimum Gasteiger partial charge on any atom is -0.253 e. The fourth-order valence-corrected chi connectivity index (χ4v) is 4.99. The third kappa shape index (κ3) is 2.66. The molecule has 0 saturated heterocycles. The zero-order valence-corrected chi connectivity index (χ0v) is 15.8. The number of hydrogen-bond acceptors (Lipinski definition) is 4. The Labute approximate surface area is 152 Å². The third-order valence-corrected chi connectivity index (χ3v) is 7.19. The lowest BCUT2D eigenvalue weighted by Crippen LogP contribution is -2.33. The topological polar surface area (TPSA) is 37.3 Å². The molecule has 2 aliphatic carbocycles. The Morgan fingerprint density at radius 1 is 1.29 bits per heavy atom. The van der Waals surface area contributed by atoms with Crippen LogP contribution in [-0.2, 0) is 0 Å². The highest BCUT2D eigenvalue weighted by atomic mass is 35.5. The number of anilines is 1. The predicted octanol–water partition coefficient (Wildman–Crippen LogP) is 5.93. The number of halogens is 1. The van der Waals surface area contributed by atoms with Gasteiger partial charge in [0.1, 0.15) is 0 Å². The standard InChI is InChI=1S/C19H22ClN3S/c1-11-15-8-13(19(11,2)3)9-16(15)22-23-18-21-17(10-24-18)12-4-6-14(20)7-5-12/h4-7,10-11,13,15H,8-9H2,1-3H3,(H,21,23)/b22-16-. The van der Waals surface area contributed by atoms with Crippen LogP contribution in [0.4, 0.5) is 5.13 Å². The largest absolute Gasteiger partial charge is 0.253 e. The molecule has 2 saturated carbocycles. The lowest BCUT2D eigenvalue weighted by molar-refractivity contribution is 0.182. The van der Waals surface area contributed by atoms with E-state index in [1.807, 2.05) is 24.3 Å². The van der Waals surface area contributed by atoms with E-state index in [9.17, 15) is 0 Å². The van der Waals surface area contributed by atoms with Crippen LogP contribution >= 0.6 is 22.9 Å². The van der Waals surface area contributed by atoms with Crippen molar-refractivity contribution in [1.82, 2.24) is 4.98 Å². The van der Waals surface area contributed by atoms with E-state index in [2.05, 4.69) is 36.6 Å². The number of nitrogens with zero attached hydrogens (tertiary/aromatic N) is 2. The van der Waals surface area contributed by atoms with Crippen molar-refractivity contribution in [1.29, 1.82) is 0 Å². The Morgan fingerprint density at radius 2 is 2.04 bits per heavy atom. The minimum atomic E-state index is 0.451. The van der Waals surface area contributed by atoms with E-state index < -0.39 is 0 Å². The van der Waals surface area contributed by atoms with Gasteiger partial charge in [0.15, 0.2) is 0 Å². The van der Waals surface area contributed by atoms with Gasteiger partial charge in [-0.2, -0.15) is 5.10 Å². The van der Waals surface area contributed by atoms with Gasteiger partial charge in [-0.3, -0.25) is 5.43 Å².